The van der Waals surface area contributed by atoms with Gasteiger partial charge in [-0.1, -0.05) is 158 Å². The van der Waals surface area contributed by atoms with Crippen molar-refractivity contribution < 1.29 is 10.2 Å². The quantitative estimate of drug-likeness (QED) is 0.232. The van der Waals surface area contributed by atoms with Crippen LogP contribution in [0.4, 0.5) is 0 Å². The maximum atomic E-state index is 13.2. The first-order valence-electron chi connectivity index (χ1n) is 14.3. The zero-order chi connectivity index (χ0) is 28.3. The van der Waals surface area contributed by atoms with E-state index in [-0.39, 0.29) is 0 Å². The third-order valence-electron chi connectivity index (χ3n) is 8.97. The maximum Gasteiger partial charge on any atom is 0.142 e. The molecular weight excluding hydrogens is 512 g/mol. The third kappa shape index (κ3) is 3.40. The van der Waals surface area contributed by atoms with Gasteiger partial charge >= 0.3 is 0 Å². The largest absolute Gasteiger partial charge is 0.376 e. The molecule has 2 heteroatoms. The van der Waals surface area contributed by atoms with Crippen LogP contribution in [0.3, 0.4) is 0 Å². The van der Waals surface area contributed by atoms with E-state index < -0.39 is 11.2 Å². The molecule has 0 aliphatic heterocycles. The van der Waals surface area contributed by atoms with Gasteiger partial charge in [0.15, 0.2) is 0 Å². The summed E-state index contributed by atoms with van der Waals surface area (Å²) in [4.78, 5) is 0. The van der Waals surface area contributed by atoms with Gasteiger partial charge in [0, 0.05) is 11.1 Å². The van der Waals surface area contributed by atoms with E-state index in [2.05, 4.69) is 36.4 Å². The molecule has 0 heterocycles. The number of rotatable bonds is 2. The second-order valence-electron chi connectivity index (χ2n) is 11.1. The molecule has 8 rings (SSSR count). The highest BCUT2D eigenvalue weighted by Crippen LogP contribution is 2.50. The van der Waals surface area contributed by atoms with Crippen molar-refractivity contribution in [3.63, 3.8) is 0 Å². The molecule has 6 aromatic rings. The first-order chi connectivity index (χ1) is 20.6. The summed E-state index contributed by atoms with van der Waals surface area (Å²) in [6.07, 6.45) is 8.31. The summed E-state index contributed by atoms with van der Waals surface area (Å²) in [5.41, 5.74) is 5.57. The van der Waals surface area contributed by atoms with Crippen molar-refractivity contribution in [2.24, 2.45) is 0 Å². The molecule has 200 valence electrons. The molecule has 0 spiro atoms. The van der Waals surface area contributed by atoms with E-state index in [1.807, 2.05) is 121 Å². The molecule has 0 saturated carbocycles. The topological polar surface area (TPSA) is 40.5 Å². The van der Waals surface area contributed by atoms with E-state index in [0.29, 0.717) is 0 Å². The van der Waals surface area contributed by atoms with E-state index >= 15 is 0 Å². The lowest BCUT2D eigenvalue weighted by atomic mass is 9.71. The monoisotopic (exact) mass is 540 g/mol. The van der Waals surface area contributed by atoms with Crippen LogP contribution in [0.25, 0.3) is 35.1 Å². The molecule has 0 unspecified atom stereocenters. The summed E-state index contributed by atoms with van der Waals surface area (Å²) >= 11 is 0. The van der Waals surface area contributed by atoms with E-state index in [4.69, 9.17) is 0 Å². The Balaban J connectivity index is 1.53. The van der Waals surface area contributed by atoms with Gasteiger partial charge in [-0.2, -0.15) is 0 Å². The Bertz CT molecular complexity index is 1840. The van der Waals surface area contributed by atoms with Gasteiger partial charge in [0.1, 0.15) is 11.2 Å². The molecule has 42 heavy (non-hydrogen) atoms. The first kappa shape index (κ1) is 24.8. The smallest absolute Gasteiger partial charge is 0.142 e. The number of hydrogen-bond acceptors (Lipinski definition) is 2. The van der Waals surface area contributed by atoms with E-state index in [1.54, 1.807) is 0 Å². The summed E-state index contributed by atoms with van der Waals surface area (Å²) in [7, 11) is 0. The van der Waals surface area contributed by atoms with Gasteiger partial charge in [-0.15, -0.1) is 0 Å². The number of aliphatic hydroxyl groups is 2. The van der Waals surface area contributed by atoms with Crippen molar-refractivity contribution >= 4 is 35.1 Å². The SMILES string of the molecule is OC1(c2cccc3cccc(C4(O)c5ccccc5C=Cc5ccccc54)c23)c2ccccc2C=Cc2ccccc21. The van der Waals surface area contributed by atoms with Crippen LogP contribution < -0.4 is 0 Å². The number of benzene rings is 6. The maximum absolute atomic E-state index is 13.2. The molecule has 0 radical (unpaired) electrons. The third-order valence-corrected chi connectivity index (χ3v) is 8.97. The van der Waals surface area contributed by atoms with Gasteiger partial charge < -0.3 is 10.2 Å². The number of hydrogen-bond donors (Lipinski definition) is 2. The highest BCUT2D eigenvalue weighted by atomic mass is 16.3. The summed E-state index contributed by atoms with van der Waals surface area (Å²) in [5.74, 6) is 0. The van der Waals surface area contributed by atoms with Crippen molar-refractivity contribution in [1.29, 1.82) is 0 Å². The average molecular weight is 541 g/mol. The fraction of sp³-hybridized carbons (Fsp3) is 0.0500. The van der Waals surface area contributed by atoms with Crippen LogP contribution in [-0.2, 0) is 11.2 Å². The molecular formula is C40H28O2. The lowest BCUT2D eigenvalue weighted by Crippen LogP contribution is -2.33. The molecule has 0 aromatic heterocycles. The highest BCUT2D eigenvalue weighted by molar-refractivity contribution is 5.94. The van der Waals surface area contributed by atoms with Gasteiger partial charge in [0.2, 0.25) is 0 Å². The molecule has 2 aliphatic carbocycles. The zero-order valence-corrected chi connectivity index (χ0v) is 22.9. The van der Waals surface area contributed by atoms with Crippen LogP contribution in [0.5, 0.6) is 0 Å². The number of fused-ring (bicyclic) bond motifs is 5. The lowest BCUT2D eigenvalue weighted by molar-refractivity contribution is 0.122. The van der Waals surface area contributed by atoms with Crippen LogP contribution in [0.1, 0.15) is 55.6 Å². The summed E-state index contributed by atoms with van der Waals surface area (Å²) < 4.78 is 0. The molecule has 2 nitrogen and oxygen atoms in total. The van der Waals surface area contributed by atoms with Crippen molar-refractivity contribution in [3.8, 4) is 0 Å². The predicted molar refractivity (Wildman–Crippen MR) is 172 cm³/mol. The normalized spacial score (nSPS) is 15.6. The molecule has 0 atom stereocenters. The van der Waals surface area contributed by atoms with Crippen molar-refractivity contribution in [2.75, 3.05) is 0 Å². The van der Waals surface area contributed by atoms with Crippen LogP contribution in [0.15, 0.2) is 133 Å². The molecule has 0 bridgehead atoms. The van der Waals surface area contributed by atoms with Crippen molar-refractivity contribution in [2.45, 2.75) is 11.2 Å². The van der Waals surface area contributed by atoms with Crippen LogP contribution in [-0.4, -0.2) is 10.2 Å². The molecule has 0 fully saturated rings. The van der Waals surface area contributed by atoms with Gasteiger partial charge in [0.05, 0.1) is 0 Å². The fourth-order valence-electron chi connectivity index (χ4n) is 7.06. The second kappa shape index (κ2) is 9.25. The summed E-state index contributed by atoms with van der Waals surface area (Å²) in [6.45, 7) is 0. The molecule has 0 saturated heterocycles. The minimum absolute atomic E-state index is 0.736. The molecule has 0 amide bonds. The Hall–Kier alpha value is -5.02. The molecule has 2 N–H and O–H groups in total. The van der Waals surface area contributed by atoms with Gasteiger partial charge in [-0.05, 0) is 55.3 Å². The van der Waals surface area contributed by atoms with Crippen LogP contribution in [0, 0.1) is 0 Å². The highest BCUT2D eigenvalue weighted by Gasteiger charge is 2.43. The minimum atomic E-state index is -1.48. The van der Waals surface area contributed by atoms with Crippen LogP contribution >= 0.6 is 0 Å². The average Bonchev–Trinajstić information content (AvgIpc) is 3.26. The zero-order valence-electron chi connectivity index (χ0n) is 22.9. The Labute approximate surface area is 245 Å². The van der Waals surface area contributed by atoms with E-state index in [1.165, 1.54) is 0 Å². The predicted octanol–water partition coefficient (Wildman–Crippen LogP) is 8.38. The lowest BCUT2D eigenvalue weighted by Gasteiger charge is -2.36. The Morgan fingerprint density at radius 3 is 0.929 bits per heavy atom. The molecule has 2 aliphatic rings. The van der Waals surface area contributed by atoms with E-state index in [9.17, 15) is 10.2 Å². The first-order valence-corrected chi connectivity index (χ1v) is 14.3. The standard InChI is InChI=1S/C40H28O2/c41-39(32-17-5-1-11-27(32)23-24-28-12-2-6-18-33(28)39)36-21-9-15-31-16-10-22-37(38(31)36)40(42)34-19-7-3-13-29(34)25-26-30-14-4-8-20-35(30)40/h1-26,41-42H. The minimum Gasteiger partial charge on any atom is -0.376 e. The second-order valence-corrected chi connectivity index (χ2v) is 11.1. The Kier molecular flexibility index (Phi) is 5.45. The Morgan fingerprint density at radius 2 is 0.595 bits per heavy atom. The van der Waals surface area contributed by atoms with Crippen molar-refractivity contribution in [1.82, 2.24) is 0 Å². The summed E-state index contributed by atoms with van der Waals surface area (Å²) in [5, 5.41) is 28.3. The molecule has 6 aromatic carbocycles. The van der Waals surface area contributed by atoms with Gasteiger partial charge in [-0.3, -0.25) is 0 Å². The summed E-state index contributed by atoms with van der Waals surface area (Å²) in [6, 6.07) is 44.3. The fourth-order valence-corrected chi connectivity index (χ4v) is 7.06. The Morgan fingerprint density at radius 1 is 0.310 bits per heavy atom. The van der Waals surface area contributed by atoms with E-state index in [0.717, 1.165) is 66.4 Å². The van der Waals surface area contributed by atoms with Gasteiger partial charge in [-0.25, -0.2) is 0 Å². The van der Waals surface area contributed by atoms with Crippen LogP contribution in [0.2, 0.25) is 0 Å². The van der Waals surface area contributed by atoms with Gasteiger partial charge in [0.25, 0.3) is 0 Å². The van der Waals surface area contributed by atoms with Crippen molar-refractivity contribution in [3.05, 3.63) is 189 Å².